The number of aliphatic hydroxyl groups excluding tert-OH is 4. The lowest BCUT2D eigenvalue weighted by Gasteiger charge is -2.39. The molecule has 29 heavy (non-hydrogen) atoms. The Morgan fingerprint density at radius 3 is 2.38 bits per heavy atom. The van der Waals surface area contributed by atoms with E-state index in [1.54, 1.807) is 42.5 Å². The summed E-state index contributed by atoms with van der Waals surface area (Å²) in [7, 11) is 1.45. The van der Waals surface area contributed by atoms with Gasteiger partial charge in [0.05, 0.1) is 19.8 Å². The van der Waals surface area contributed by atoms with Crippen molar-refractivity contribution >= 4 is 12.2 Å². The van der Waals surface area contributed by atoms with E-state index in [1.165, 1.54) is 13.2 Å². The Morgan fingerprint density at radius 1 is 1.00 bits per heavy atom. The minimum absolute atomic E-state index is 0.330. The van der Waals surface area contributed by atoms with Gasteiger partial charge < -0.3 is 39.1 Å². The van der Waals surface area contributed by atoms with E-state index in [0.717, 1.165) is 5.56 Å². The van der Waals surface area contributed by atoms with E-state index in [2.05, 4.69) is 0 Å². The van der Waals surface area contributed by atoms with Gasteiger partial charge in [-0.3, -0.25) is 0 Å². The van der Waals surface area contributed by atoms with Crippen LogP contribution in [0.3, 0.4) is 0 Å². The molecule has 5 atom stereocenters. The molecular formula is C20H22O9. The molecule has 3 rings (SSSR count). The third-order valence-electron chi connectivity index (χ3n) is 4.42. The van der Waals surface area contributed by atoms with Crippen molar-refractivity contribution in [1.82, 2.24) is 0 Å². The van der Waals surface area contributed by atoms with Gasteiger partial charge in [0.1, 0.15) is 41.7 Å². The number of ether oxygens (including phenoxy) is 3. The van der Waals surface area contributed by atoms with Gasteiger partial charge in [0.2, 0.25) is 6.29 Å². The van der Waals surface area contributed by atoms with E-state index in [1.807, 2.05) is 0 Å². The summed E-state index contributed by atoms with van der Waals surface area (Å²) in [5.74, 6) is 1.07. The molecule has 0 radical (unpaired) electrons. The lowest BCUT2D eigenvalue weighted by molar-refractivity contribution is -0.277. The van der Waals surface area contributed by atoms with Crippen molar-refractivity contribution in [2.75, 3.05) is 13.7 Å². The highest BCUT2D eigenvalue weighted by Gasteiger charge is 2.44. The van der Waals surface area contributed by atoms with Gasteiger partial charge in [-0.2, -0.15) is 0 Å². The van der Waals surface area contributed by atoms with E-state index in [-0.39, 0.29) is 0 Å². The van der Waals surface area contributed by atoms with Crippen molar-refractivity contribution in [2.45, 2.75) is 30.7 Å². The number of benzene rings is 1. The number of methoxy groups -OCH3 is 1. The zero-order valence-corrected chi connectivity index (χ0v) is 15.5. The highest BCUT2D eigenvalue weighted by atomic mass is 16.7. The number of rotatable bonds is 6. The minimum atomic E-state index is -1.51. The SMILES string of the molecule is COc1cc(/C=C/c2ccc(O[C@@H]3O[C@H](CO)[C@@H](O)[C@H](O)[C@H]3O)cc2)oc(=O)c1. The van der Waals surface area contributed by atoms with Crippen molar-refractivity contribution < 1.29 is 39.1 Å². The first kappa shape index (κ1) is 21.0. The first-order chi connectivity index (χ1) is 13.9. The fourth-order valence-corrected chi connectivity index (χ4v) is 2.81. The summed E-state index contributed by atoms with van der Waals surface area (Å²) in [5.41, 5.74) is 0.254. The Labute approximate surface area is 166 Å². The molecule has 1 aliphatic heterocycles. The fraction of sp³-hybridized carbons (Fsp3) is 0.350. The van der Waals surface area contributed by atoms with Crippen LogP contribution in [0.5, 0.6) is 11.5 Å². The van der Waals surface area contributed by atoms with Crippen molar-refractivity contribution in [3.63, 3.8) is 0 Å². The monoisotopic (exact) mass is 406 g/mol. The van der Waals surface area contributed by atoms with E-state index < -0.39 is 42.9 Å². The second-order valence-electron chi connectivity index (χ2n) is 6.44. The van der Waals surface area contributed by atoms with Crippen molar-refractivity contribution in [1.29, 1.82) is 0 Å². The predicted molar refractivity (Wildman–Crippen MR) is 101 cm³/mol. The molecule has 2 heterocycles. The van der Waals surface area contributed by atoms with Crippen LogP contribution in [-0.4, -0.2) is 64.8 Å². The van der Waals surface area contributed by atoms with Crippen LogP contribution in [0.4, 0.5) is 0 Å². The van der Waals surface area contributed by atoms with Gasteiger partial charge in [-0.15, -0.1) is 0 Å². The van der Waals surface area contributed by atoms with Crippen molar-refractivity contribution in [2.24, 2.45) is 0 Å². The molecule has 0 amide bonds. The highest BCUT2D eigenvalue weighted by Crippen LogP contribution is 2.25. The normalized spacial score (nSPS) is 27.1. The summed E-state index contributed by atoms with van der Waals surface area (Å²) in [6, 6.07) is 9.48. The maximum Gasteiger partial charge on any atom is 0.339 e. The quantitative estimate of drug-likeness (QED) is 0.522. The average Bonchev–Trinajstić information content (AvgIpc) is 2.73. The fourth-order valence-electron chi connectivity index (χ4n) is 2.81. The lowest BCUT2D eigenvalue weighted by atomic mass is 9.99. The van der Waals surface area contributed by atoms with Crippen LogP contribution in [0, 0.1) is 0 Å². The van der Waals surface area contributed by atoms with E-state index >= 15 is 0 Å². The average molecular weight is 406 g/mol. The van der Waals surface area contributed by atoms with Gasteiger partial charge in [0, 0.05) is 6.07 Å². The summed E-state index contributed by atoms with van der Waals surface area (Å²) in [5, 5.41) is 38.8. The molecule has 9 heteroatoms. The van der Waals surface area contributed by atoms with Crippen LogP contribution < -0.4 is 15.1 Å². The zero-order valence-electron chi connectivity index (χ0n) is 15.5. The van der Waals surface area contributed by atoms with Gasteiger partial charge in [-0.25, -0.2) is 4.79 Å². The maximum absolute atomic E-state index is 11.5. The molecule has 156 valence electrons. The maximum atomic E-state index is 11.5. The molecule has 9 nitrogen and oxygen atoms in total. The van der Waals surface area contributed by atoms with Gasteiger partial charge in [0.25, 0.3) is 0 Å². The van der Waals surface area contributed by atoms with Gasteiger partial charge in [0.15, 0.2) is 0 Å². The second-order valence-corrected chi connectivity index (χ2v) is 6.44. The summed E-state index contributed by atoms with van der Waals surface area (Å²) in [6.07, 6.45) is -3.41. The molecule has 0 bridgehead atoms. The van der Waals surface area contributed by atoms with Crippen LogP contribution in [-0.2, 0) is 4.74 Å². The molecule has 0 unspecified atom stereocenters. The third-order valence-corrected chi connectivity index (χ3v) is 4.42. The highest BCUT2D eigenvalue weighted by molar-refractivity contribution is 5.67. The Bertz CT molecular complexity index is 888. The van der Waals surface area contributed by atoms with Crippen LogP contribution in [0.2, 0.25) is 0 Å². The van der Waals surface area contributed by atoms with Gasteiger partial charge in [-0.05, 0) is 23.8 Å². The molecule has 2 aromatic rings. The third kappa shape index (κ3) is 5.03. The second kappa shape index (κ2) is 9.21. The first-order valence-electron chi connectivity index (χ1n) is 8.86. The van der Waals surface area contributed by atoms with Crippen LogP contribution in [0.15, 0.2) is 45.6 Å². The zero-order chi connectivity index (χ0) is 21.0. The Balaban J connectivity index is 1.67. The van der Waals surface area contributed by atoms with Gasteiger partial charge >= 0.3 is 5.63 Å². The van der Waals surface area contributed by atoms with Crippen molar-refractivity contribution in [3.8, 4) is 11.5 Å². The summed E-state index contributed by atoms with van der Waals surface area (Å²) in [6.45, 7) is -0.533. The molecule has 4 N–H and O–H groups in total. The molecule has 0 spiro atoms. The summed E-state index contributed by atoms with van der Waals surface area (Å²) < 4.78 is 20.9. The molecule has 1 fully saturated rings. The molecule has 1 aromatic carbocycles. The lowest BCUT2D eigenvalue weighted by Crippen LogP contribution is -2.60. The topological polar surface area (TPSA) is 139 Å². The molecule has 0 saturated carbocycles. The van der Waals surface area contributed by atoms with Crippen LogP contribution >= 0.6 is 0 Å². The van der Waals surface area contributed by atoms with E-state index in [4.69, 9.17) is 18.6 Å². The standard InChI is InChI=1S/C20H22O9/c1-26-14-8-13(27-16(22)9-14)7-4-11-2-5-12(6-3-11)28-20-19(25)18(24)17(23)15(10-21)29-20/h2-9,15,17-21,23-25H,10H2,1H3/b7-4+/t15-,17-,18+,19-,20-/m1/s1. The van der Waals surface area contributed by atoms with Crippen LogP contribution in [0.25, 0.3) is 12.2 Å². The number of aliphatic hydroxyl groups is 4. The molecular weight excluding hydrogens is 384 g/mol. The molecule has 1 aromatic heterocycles. The smallest absolute Gasteiger partial charge is 0.339 e. The van der Waals surface area contributed by atoms with E-state index in [9.17, 15) is 25.2 Å². The predicted octanol–water partition coefficient (Wildman–Crippen LogP) is -0.00250. The Hall–Kier alpha value is -2.69. The molecule has 1 saturated heterocycles. The van der Waals surface area contributed by atoms with Crippen molar-refractivity contribution in [3.05, 3.63) is 58.1 Å². The number of hydrogen-bond acceptors (Lipinski definition) is 9. The summed E-state index contributed by atoms with van der Waals surface area (Å²) in [4.78, 5) is 11.5. The number of hydrogen-bond donors (Lipinski definition) is 4. The molecule has 1 aliphatic rings. The van der Waals surface area contributed by atoms with Crippen LogP contribution in [0.1, 0.15) is 11.3 Å². The summed E-state index contributed by atoms with van der Waals surface area (Å²) >= 11 is 0. The van der Waals surface area contributed by atoms with Gasteiger partial charge in [-0.1, -0.05) is 18.2 Å². The van der Waals surface area contributed by atoms with E-state index in [0.29, 0.717) is 17.3 Å². The Morgan fingerprint density at radius 2 is 1.72 bits per heavy atom. The Kier molecular flexibility index (Phi) is 6.68. The first-order valence-corrected chi connectivity index (χ1v) is 8.86. The molecule has 0 aliphatic carbocycles. The minimum Gasteiger partial charge on any atom is -0.496 e. The largest absolute Gasteiger partial charge is 0.496 e.